The minimum Gasteiger partial charge on any atom is -0.494 e. The van der Waals surface area contributed by atoms with Crippen molar-refractivity contribution in [3.8, 4) is 5.75 Å². The van der Waals surface area contributed by atoms with Gasteiger partial charge in [-0.05, 0) is 25.1 Å². The van der Waals surface area contributed by atoms with E-state index >= 15 is 0 Å². The lowest BCUT2D eigenvalue weighted by atomic mass is 10.3. The Labute approximate surface area is 179 Å². The third-order valence-electron chi connectivity index (χ3n) is 3.08. The summed E-state index contributed by atoms with van der Waals surface area (Å²) < 4.78 is 50.9. The van der Waals surface area contributed by atoms with E-state index in [0.717, 1.165) is 27.4 Å². The maximum Gasteiger partial charge on any atom is 0.267 e. The Kier molecular flexibility index (Phi) is 7.43. The van der Waals surface area contributed by atoms with E-state index in [2.05, 4.69) is 15.1 Å². The van der Waals surface area contributed by atoms with Crippen LogP contribution in [0.15, 0.2) is 31.9 Å². The van der Waals surface area contributed by atoms with Crippen LogP contribution in [0.2, 0.25) is 0 Å². The molecule has 0 saturated heterocycles. The number of hydrogen-bond acceptors (Lipinski definition) is 10. The molecule has 0 spiro atoms. The number of fused-ring (bicyclic) bond motifs is 1. The Hall–Kier alpha value is -2.24. The maximum absolute atomic E-state index is 11.1. The molecule has 1 amide bonds. The van der Waals surface area contributed by atoms with Crippen molar-refractivity contribution in [2.45, 2.75) is 22.5 Å². The standard InChI is InChI=1S/C9H10N2O3S2.C5H8N4O3S2/c1-2-14-6-3-4-7-8(5-6)15-9(11-7)16(10,12)13;1-3(10)7-4-9(2)8-5(13-4)14(6,11)12/h3-5H,2H2,1H3,(H2,10,12,13);1-2H3,(H2,6,11,12). The first-order valence-corrected chi connectivity index (χ1v) is 12.7. The van der Waals surface area contributed by atoms with Gasteiger partial charge in [-0.15, -0.1) is 16.4 Å². The second-order valence-electron chi connectivity index (χ2n) is 5.54. The third-order valence-corrected chi connectivity index (χ3v) is 7.73. The molecule has 1 aromatic carbocycles. The molecule has 0 fully saturated rings. The van der Waals surface area contributed by atoms with Gasteiger partial charge in [0.15, 0.2) is 0 Å². The average molecular weight is 495 g/mol. The minimum atomic E-state index is -3.83. The van der Waals surface area contributed by atoms with Crippen molar-refractivity contribution in [1.82, 2.24) is 14.8 Å². The fraction of sp³-hybridized carbons (Fsp3) is 0.286. The van der Waals surface area contributed by atoms with E-state index < -0.39 is 26.0 Å². The number of thiazole rings is 1. The molecule has 0 aliphatic carbocycles. The Morgan fingerprint density at radius 3 is 2.30 bits per heavy atom. The van der Waals surface area contributed by atoms with Crippen LogP contribution in [0.4, 0.5) is 0 Å². The number of ether oxygens (including phenoxy) is 1. The largest absolute Gasteiger partial charge is 0.494 e. The van der Waals surface area contributed by atoms with Crippen LogP contribution in [0.3, 0.4) is 0 Å². The van der Waals surface area contributed by atoms with Crippen molar-refractivity contribution in [3.05, 3.63) is 23.0 Å². The molecule has 0 atom stereocenters. The van der Waals surface area contributed by atoms with E-state index in [0.29, 0.717) is 17.9 Å². The Morgan fingerprint density at radius 2 is 1.80 bits per heavy atom. The van der Waals surface area contributed by atoms with E-state index in [-0.39, 0.29) is 13.5 Å². The van der Waals surface area contributed by atoms with Gasteiger partial charge in [-0.25, -0.2) is 36.8 Å². The van der Waals surface area contributed by atoms with Crippen LogP contribution in [0.25, 0.3) is 10.2 Å². The van der Waals surface area contributed by atoms with Gasteiger partial charge in [0.05, 0.1) is 16.8 Å². The van der Waals surface area contributed by atoms with Crippen molar-refractivity contribution in [1.29, 1.82) is 0 Å². The highest BCUT2D eigenvalue weighted by atomic mass is 32.3. The summed E-state index contributed by atoms with van der Waals surface area (Å²) >= 11 is 1.79. The first kappa shape index (κ1) is 24.0. The van der Waals surface area contributed by atoms with Crippen LogP contribution >= 0.6 is 22.7 Å². The Morgan fingerprint density at radius 1 is 1.17 bits per heavy atom. The molecule has 30 heavy (non-hydrogen) atoms. The third kappa shape index (κ3) is 6.38. The zero-order valence-corrected chi connectivity index (χ0v) is 19.2. The maximum atomic E-state index is 11.1. The number of hydrogen-bond donors (Lipinski definition) is 2. The summed E-state index contributed by atoms with van der Waals surface area (Å²) in [6.07, 6.45) is 0. The number of primary sulfonamides is 2. The number of rotatable bonds is 4. The Balaban J connectivity index is 0.000000216. The van der Waals surface area contributed by atoms with Gasteiger partial charge in [-0.2, -0.15) is 4.99 Å². The van der Waals surface area contributed by atoms with Crippen molar-refractivity contribution < 1.29 is 26.4 Å². The molecule has 2 aromatic heterocycles. The van der Waals surface area contributed by atoms with Crippen LogP contribution in [-0.4, -0.2) is 44.1 Å². The molecular formula is C14H18N6O6S4. The summed E-state index contributed by atoms with van der Waals surface area (Å²) in [6, 6.07) is 5.22. The number of nitrogens with two attached hydrogens (primary N) is 2. The molecule has 0 aliphatic rings. The van der Waals surface area contributed by atoms with Gasteiger partial charge in [-0.3, -0.25) is 4.79 Å². The van der Waals surface area contributed by atoms with E-state index in [1.54, 1.807) is 18.2 Å². The summed E-state index contributed by atoms with van der Waals surface area (Å²) in [4.78, 5) is 18.3. The Bertz CT molecular complexity index is 1350. The van der Waals surface area contributed by atoms with Crippen LogP contribution in [0.1, 0.15) is 13.8 Å². The highest BCUT2D eigenvalue weighted by molar-refractivity contribution is 7.91. The molecule has 164 valence electrons. The summed E-state index contributed by atoms with van der Waals surface area (Å²) in [7, 11) is -6.07. The lowest BCUT2D eigenvalue weighted by Crippen LogP contribution is -2.14. The second-order valence-corrected chi connectivity index (χ2v) is 11.0. The van der Waals surface area contributed by atoms with Crippen molar-refractivity contribution in [2.75, 3.05) is 6.61 Å². The quantitative estimate of drug-likeness (QED) is 0.503. The van der Waals surface area contributed by atoms with Crippen LogP contribution in [0.5, 0.6) is 5.75 Å². The molecule has 0 aliphatic heterocycles. The molecule has 0 unspecified atom stereocenters. The van der Waals surface area contributed by atoms with Crippen molar-refractivity contribution >= 4 is 58.8 Å². The number of carbonyl (C=O) groups is 1. The molecular weight excluding hydrogens is 476 g/mol. The van der Waals surface area contributed by atoms with Crippen LogP contribution < -0.4 is 19.8 Å². The molecule has 16 heteroatoms. The van der Waals surface area contributed by atoms with Gasteiger partial charge >= 0.3 is 0 Å². The number of benzene rings is 1. The SMILES string of the molecule is CC(=O)N=c1sc(S(N)(=O)=O)nn1C.CCOc1ccc2nc(S(N)(=O)=O)sc2c1. The molecule has 4 N–H and O–H groups in total. The molecule has 0 radical (unpaired) electrons. The molecule has 0 saturated carbocycles. The monoisotopic (exact) mass is 494 g/mol. The predicted molar refractivity (Wildman–Crippen MR) is 111 cm³/mol. The van der Waals surface area contributed by atoms with E-state index in [1.807, 2.05) is 6.92 Å². The summed E-state index contributed by atoms with van der Waals surface area (Å²) in [5.74, 6) is 0.268. The summed E-state index contributed by atoms with van der Waals surface area (Å²) in [5, 5.41) is 13.5. The summed E-state index contributed by atoms with van der Waals surface area (Å²) in [5.41, 5.74) is 0.609. The van der Waals surface area contributed by atoms with Crippen LogP contribution in [-0.2, 0) is 31.9 Å². The smallest absolute Gasteiger partial charge is 0.267 e. The van der Waals surface area contributed by atoms with Crippen LogP contribution in [0, 0.1) is 0 Å². The number of carbonyl (C=O) groups excluding carboxylic acids is 1. The first-order valence-electron chi connectivity index (χ1n) is 7.99. The predicted octanol–water partition coefficient (Wildman–Crippen LogP) is -0.0814. The normalized spacial score (nSPS) is 12.5. The van der Waals surface area contributed by atoms with E-state index in [1.165, 1.54) is 18.7 Å². The molecule has 3 rings (SSSR count). The minimum absolute atomic E-state index is 0.0730. The average Bonchev–Trinajstić information content (AvgIpc) is 3.18. The van der Waals surface area contributed by atoms with Crippen molar-refractivity contribution in [2.24, 2.45) is 22.3 Å². The van der Waals surface area contributed by atoms with E-state index in [4.69, 9.17) is 15.0 Å². The first-order chi connectivity index (χ1) is 13.8. The molecule has 3 aromatic rings. The molecule has 12 nitrogen and oxygen atoms in total. The highest BCUT2D eigenvalue weighted by Crippen LogP contribution is 2.28. The van der Waals surface area contributed by atoms with Gasteiger partial charge in [0.2, 0.25) is 19.4 Å². The van der Waals surface area contributed by atoms with Gasteiger partial charge in [0, 0.05) is 14.0 Å². The lowest BCUT2D eigenvalue weighted by Gasteiger charge is -2.00. The molecule has 0 bridgehead atoms. The topological polar surface area (TPSA) is 190 Å². The van der Waals surface area contributed by atoms with Crippen molar-refractivity contribution in [3.63, 3.8) is 0 Å². The van der Waals surface area contributed by atoms with Gasteiger partial charge < -0.3 is 4.74 Å². The van der Waals surface area contributed by atoms with E-state index in [9.17, 15) is 21.6 Å². The number of aryl methyl sites for hydroxylation is 1. The highest BCUT2D eigenvalue weighted by Gasteiger charge is 2.15. The number of aromatic nitrogens is 3. The summed E-state index contributed by atoms with van der Waals surface area (Å²) in [6.45, 7) is 3.70. The van der Waals surface area contributed by atoms with Gasteiger partial charge in [0.1, 0.15) is 5.75 Å². The zero-order chi connectivity index (χ0) is 22.7. The molecule has 2 heterocycles. The number of amides is 1. The fourth-order valence-corrected chi connectivity index (χ4v) is 5.21. The van der Waals surface area contributed by atoms with Gasteiger partial charge in [0.25, 0.3) is 20.0 Å². The number of sulfonamides is 2. The van der Waals surface area contributed by atoms with Gasteiger partial charge in [-0.1, -0.05) is 11.3 Å². The lowest BCUT2D eigenvalue weighted by molar-refractivity contribution is -0.116. The fourth-order valence-electron chi connectivity index (χ4n) is 1.94. The number of nitrogens with zero attached hydrogens (tertiary/aromatic N) is 4. The second kappa shape index (κ2) is 9.27. The zero-order valence-electron chi connectivity index (χ0n) is 16.0.